The summed E-state index contributed by atoms with van der Waals surface area (Å²) in [6.45, 7) is 0.235. The van der Waals surface area contributed by atoms with Crippen LogP contribution in [0, 0.1) is 6.16 Å². The first kappa shape index (κ1) is 19.0. The van der Waals surface area contributed by atoms with Gasteiger partial charge in [0.1, 0.15) is 0 Å². The van der Waals surface area contributed by atoms with Crippen molar-refractivity contribution in [3.05, 3.63) is 46.1 Å². The zero-order valence-corrected chi connectivity index (χ0v) is 15.4. The van der Waals surface area contributed by atoms with Crippen LogP contribution < -0.4 is 5.32 Å². The van der Waals surface area contributed by atoms with E-state index in [9.17, 15) is 9.59 Å². The number of fused-ring (bicyclic) bond motifs is 1. The Hall–Kier alpha value is -1.30. The van der Waals surface area contributed by atoms with Crippen molar-refractivity contribution in [1.82, 2.24) is 19.9 Å². The number of amides is 2. The van der Waals surface area contributed by atoms with Gasteiger partial charge in [-0.1, -0.05) is 6.54 Å². The molecule has 0 fully saturated rings. The second-order valence-electron chi connectivity index (χ2n) is 4.54. The van der Waals surface area contributed by atoms with E-state index >= 15 is 0 Å². The maximum atomic E-state index is 12.3. The van der Waals surface area contributed by atoms with Crippen LogP contribution >= 0.6 is 32.4 Å². The molecule has 0 saturated carbocycles. The third kappa shape index (κ3) is 3.68. The first-order chi connectivity index (χ1) is 11.0. The molecule has 1 aliphatic heterocycles. The number of imide groups is 1. The predicted molar refractivity (Wildman–Crippen MR) is 88.9 cm³/mol. The van der Waals surface area contributed by atoms with Crippen molar-refractivity contribution in [2.75, 3.05) is 11.9 Å². The fraction of sp³-hybridized carbons (Fsp3) is 0.0769. The smallest absolute Gasteiger partial charge is 0.324 e. The normalized spacial score (nSPS) is 12.9. The number of benzene rings is 1. The van der Waals surface area contributed by atoms with Gasteiger partial charge in [0.15, 0.2) is 0 Å². The van der Waals surface area contributed by atoms with Crippen molar-refractivity contribution in [3.63, 3.8) is 0 Å². The van der Waals surface area contributed by atoms with Crippen LogP contribution in [0.2, 0.25) is 10.6 Å². The Morgan fingerprint density at radius 1 is 1.08 bits per heavy atom. The minimum absolute atomic E-state index is 0. The van der Waals surface area contributed by atoms with Crippen LogP contribution in [0.5, 0.6) is 0 Å². The molecule has 1 aromatic heterocycles. The molecule has 0 radical (unpaired) electrons. The Bertz CT molecular complexity index is 803. The molecule has 0 spiro atoms. The number of nitrogens with zero attached hydrogens (tertiary/aromatic N) is 4. The van der Waals surface area contributed by atoms with Gasteiger partial charge in [-0.3, -0.25) is 25.0 Å². The molecule has 3 rings (SSSR count). The van der Waals surface area contributed by atoms with Gasteiger partial charge in [-0.25, -0.2) is 0 Å². The van der Waals surface area contributed by atoms with Crippen molar-refractivity contribution in [1.29, 1.82) is 0 Å². The minimum Gasteiger partial charge on any atom is -0.324 e. The van der Waals surface area contributed by atoms with Crippen molar-refractivity contribution in [2.45, 2.75) is 0 Å². The quantitative estimate of drug-likeness (QED) is 0.346. The number of nitrogens with one attached hydrogen (secondary N) is 1. The van der Waals surface area contributed by atoms with Crippen LogP contribution in [0.4, 0.5) is 11.6 Å². The summed E-state index contributed by atoms with van der Waals surface area (Å²) in [5.41, 5.74) is 1.21. The average molecular weight is 433 g/mol. The van der Waals surface area contributed by atoms with Crippen molar-refractivity contribution in [3.8, 4) is 0 Å². The zero-order chi connectivity index (χ0) is 16.6. The van der Waals surface area contributed by atoms with Gasteiger partial charge < -0.3 is 10.2 Å². The van der Waals surface area contributed by atoms with Crippen LogP contribution in [-0.2, 0) is 17.1 Å². The molecule has 2 amide bonds. The van der Waals surface area contributed by atoms with Crippen LogP contribution in [0.1, 0.15) is 20.7 Å². The molecule has 0 bridgehead atoms. The van der Waals surface area contributed by atoms with Crippen molar-refractivity contribution >= 4 is 55.9 Å². The van der Waals surface area contributed by atoms with E-state index in [2.05, 4.69) is 29.5 Å². The molecule has 0 saturated heterocycles. The number of carbonyl (C=O) groups is 2. The third-order valence-corrected chi connectivity index (χ3v) is 3.64. The van der Waals surface area contributed by atoms with E-state index in [0.717, 1.165) is 4.90 Å². The van der Waals surface area contributed by atoms with E-state index in [0.29, 0.717) is 16.8 Å². The maximum Gasteiger partial charge on any atom is 1.00 e. The molecule has 1 aliphatic rings. The van der Waals surface area contributed by atoms with E-state index in [-0.39, 0.29) is 51.9 Å². The molecule has 11 heteroatoms. The number of hydrogen-bond donors (Lipinski definition) is 1. The van der Waals surface area contributed by atoms with Gasteiger partial charge in [-0.15, -0.1) is 0 Å². The van der Waals surface area contributed by atoms with Crippen LogP contribution in [0.15, 0.2) is 18.2 Å². The van der Waals surface area contributed by atoms with Gasteiger partial charge in [0, 0.05) is 5.69 Å². The summed E-state index contributed by atoms with van der Waals surface area (Å²) >= 11 is 11.4. The van der Waals surface area contributed by atoms with E-state index in [1.807, 2.05) is 0 Å². The molecule has 1 atom stereocenters. The van der Waals surface area contributed by atoms with Gasteiger partial charge in [-0.05, 0) is 41.4 Å². The van der Waals surface area contributed by atoms with Gasteiger partial charge in [-0.2, -0.15) is 15.0 Å². The second-order valence-corrected chi connectivity index (χ2v) is 5.69. The topological polar surface area (TPSA) is 88.1 Å². The summed E-state index contributed by atoms with van der Waals surface area (Å²) in [7, 11) is 2.37. The number of anilines is 2. The van der Waals surface area contributed by atoms with Gasteiger partial charge in [0.25, 0.3) is 11.8 Å². The third-order valence-electron chi connectivity index (χ3n) is 3.10. The van der Waals surface area contributed by atoms with Crippen molar-refractivity contribution in [2.24, 2.45) is 0 Å². The van der Waals surface area contributed by atoms with Crippen LogP contribution in [0.25, 0.3) is 0 Å². The molecule has 0 aliphatic carbocycles. The van der Waals surface area contributed by atoms with Gasteiger partial charge in [0.05, 0.1) is 11.1 Å². The summed E-state index contributed by atoms with van der Waals surface area (Å²) in [6.07, 6.45) is 1.66. The van der Waals surface area contributed by atoms with Gasteiger partial charge >= 0.3 is 17.1 Å². The first-order valence-corrected chi connectivity index (χ1v) is 7.79. The summed E-state index contributed by atoms with van der Waals surface area (Å²) in [6, 6.07) is 4.78. The SMILES string of the molecule is O=C1c2ccc(Nc3nc(Cl)nc(Cl)n3)cc2C(=O)N1C[CH-]P.[Cu+]. The second kappa shape index (κ2) is 7.72. The Morgan fingerprint density at radius 3 is 2.33 bits per heavy atom. The van der Waals surface area contributed by atoms with Gasteiger partial charge in [0.2, 0.25) is 16.5 Å². The fourth-order valence-electron chi connectivity index (χ4n) is 2.15. The summed E-state index contributed by atoms with van der Waals surface area (Å²) < 4.78 is 0. The molecular formula is C13H9Cl2CuN5O2P. The Balaban J connectivity index is 0.00000208. The van der Waals surface area contributed by atoms with Crippen LogP contribution in [-0.4, -0.2) is 38.2 Å². The number of aromatic nitrogens is 3. The standard InChI is InChI=1S/C13H9Cl2N5O2P.Cu/c14-11-17-12(15)19-13(18-11)16-6-1-2-7-8(5-6)10(22)20(3-4-23)9(7)21;/h1-2,4-5H,3,23H2,(H,16,17,18,19);/q-1;+1. The zero-order valence-electron chi connectivity index (χ0n) is 11.8. The van der Waals surface area contributed by atoms with Crippen LogP contribution in [0.3, 0.4) is 0 Å². The largest absolute Gasteiger partial charge is 1.00 e. The number of carbonyl (C=O) groups excluding carboxylic acids is 2. The average Bonchev–Trinajstić information content (AvgIpc) is 2.71. The minimum atomic E-state index is -0.348. The Labute approximate surface area is 160 Å². The molecule has 2 aromatic rings. The van der Waals surface area contributed by atoms with Crippen molar-refractivity contribution < 1.29 is 26.7 Å². The maximum absolute atomic E-state index is 12.3. The summed E-state index contributed by atoms with van der Waals surface area (Å²) in [5.74, 6) is -0.526. The predicted octanol–water partition coefficient (Wildman–Crippen LogP) is 2.55. The molecule has 24 heavy (non-hydrogen) atoms. The molecular weight excluding hydrogens is 424 g/mol. The number of halogens is 2. The van der Waals surface area contributed by atoms with E-state index < -0.39 is 0 Å². The van der Waals surface area contributed by atoms with E-state index in [1.165, 1.54) is 0 Å². The first-order valence-electron chi connectivity index (χ1n) is 6.37. The van der Waals surface area contributed by atoms with E-state index in [1.54, 1.807) is 24.4 Å². The molecule has 128 valence electrons. The summed E-state index contributed by atoms with van der Waals surface area (Å²) in [4.78, 5) is 37.0. The monoisotopic (exact) mass is 431 g/mol. The number of rotatable bonds is 4. The Morgan fingerprint density at radius 2 is 1.71 bits per heavy atom. The fourth-order valence-corrected chi connectivity index (χ4v) is 2.72. The molecule has 7 nitrogen and oxygen atoms in total. The molecule has 1 aromatic carbocycles. The molecule has 1 N–H and O–H groups in total. The van der Waals surface area contributed by atoms with E-state index in [4.69, 9.17) is 23.2 Å². The molecule has 2 heterocycles. The Kier molecular flexibility index (Phi) is 6.12. The molecule has 1 unspecified atom stereocenters. The number of hydrogen-bond acceptors (Lipinski definition) is 6. The summed E-state index contributed by atoms with van der Waals surface area (Å²) in [5, 5.41) is 2.77.